The van der Waals surface area contributed by atoms with Crippen molar-refractivity contribution in [1.29, 1.82) is 0 Å². The second-order valence-electron chi connectivity index (χ2n) is 7.98. The van der Waals surface area contributed by atoms with Crippen LogP contribution in [0, 0.1) is 5.82 Å². The maximum Gasteiger partial charge on any atom is 0.253 e. The van der Waals surface area contributed by atoms with Crippen LogP contribution in [-0.4, -0.2) is 38.8 Å². The highest BCUT2D eigenvalue weighted by Gasteiger charge is 2.20. The summed E-state index contributed by atoms with van der Waals surface area (Å²) < 4.78 is 13.7. The van der Waals surface area contributed by atoms with Gasteiger partial charge in [-0.3, -0.25) is 9.78 Å². The van der Waals surface area contributed by atoms with Crippen LogP contribution in [0.4, 0.5) is 15.9 Å². The van der Waals surface area contributed by atoms with Gasteiger partial charge < -0.3 is 10.2 Å². The van der Waals surface area contributed by atoms with Crippen molar-refractivity contribution >= 4 is 39.9 Å². The number of hydrogen-bond acceptors (Lipinski definition) is 5. The highest BCUT2D eigenvalue weighted by atomic mass is 35.5. The summed E-state index contributed by atoms with van der Waals surface area (Å²) in [5.41, 5.74) is 2.59. The second-order valence-corrected chi connectivity index (χ2v) is 8.38. The largest absolute Gasteiger partial charge is 0.340 e. The molecule has 33 heavy (non-hydrogen) atoms. The van der Waals surface area contributed by atoms with Gasteiger partial charge in [0.1, 0.15) is 11.6 Å². The Morgan fingerprint density at radius 3 is 2.64 bits per heavy atom. The van der Waals surface area contributed by atoms with Crippen molar-refractivity contribution in [3.8, 4) is 11.4 Å². The fourth-order valence-corrected chi connectivity index (χ4v) is 4.15. The number of hydrogen-bond donors (Lipinski definition) is 1. The van der Waals surface area contributed by atoms with Gasteiger partial charge in [-0.2, -0.15) is 0 Å². The van der Waals surface area contributed by atoms with E-state index in [4.69, 9.17) is 21.6 Å². The molecule has 4 aromatic rings. The fraction of sp³-hybridized carbons (Fsp3) is 0.200. The monoisotopic (exact) mass is 461 g/mol. The highest BCUT2D eigenvalue weighted by molar-refractivity contribution is 6.31. The Hall–Kier alpha value is -3.58. The molecule has 1 amide bonds. The van der Waals surface area contributed by atoms with E-state index in [-0.39, 0.29) is 10.9 Å². The summed E-state index contributed by atoms with van der Waals surface area (Å²) in [5, 5.41) is 3.92. The van der Waals surface area contributed by atoms with Crippen molar-refractivity contribution < 1.29 is 9.18 Å². The number of halogens is 2. The summed E-state index contributed by atoms with van der Waals surface area (Å²) in [7, 11) is 0. The summed E-state index contributed by atoms with van der Waals surface area (Å²) in [6.45, 7) is 1.54. The molecule has 6 nitrogen and oxygen atoms in total. The number of anilines is 2. The molecule has 0 aliphatic carbocycles. The Balaban J connectivity index is 1.60. The molecule has 8 heteroatoms. The Morgan fingerprint density at radius 1 is 1.03 bits per heavy atom. The van der Waals surface area contributed by atoms with E-state index in [9.17, 15) is 9.18 Å². The number of carbonyl (C=O) groups is 1. The number of likely N-dealkylation sites (tertiary alicyclic amines) is 1. The number of benzene rings is 2. The first kappa shape index (κ1) is 21.3. The predicted molar refractivity (Wildman–Crippen MR) is 127 cm³/mol. The van der Waals surface area contributed by atoms with E-state index in [2.05, 4.69) is 10.3 Å². The molecule has 1 aliphatic heterocycles. The van der Waals surface area contributed by atoms with Crippen LogP contribution in [0.2, 0.25) is 5.02 Å². The van der Waals surface area contributed by atoms with Gasteiger partial charge >= 0.3 is 0 Å². The average molecular weight is 462 g/mol. The molecule has 1 aliphatic rings. The van der Waals surface area contributed by atoms with E-state index >= 15 is 0 Å². The van der Waals surface area contributed by atoms with E-state index < -0.39 is 5.82 Å². The van der Waals surface area contributed by atoms with Gasteiger partial charge in [0.05, 0.1) is 10.5 Å². The topological polar surface area (TPSA) is 71.0 Å². The maximum atomic E-state index is 13.7. The predicted octanol–water partition coefficient (Wildman–Crippen LogP) is 5.85. The number of amides is 1. The number of carbonyl (C=O) groups excluding carboxylic acids is 1. The van der Waals surface area contributed by atoms with Crippen LogP contribution in [0.25, 0.3) is 22.3 Å². The average Bonchev–Trinajstić information content (AvgIpc) is 2.86. The van der Waals surface area contributed by atoms with E-state index in [1.807, 2.05) is 29.2 Å². The molecule has 0 spiro atoms. The van der Waals surface area contributed by atoms with E-state index in [1.165, 1.54) is 12.1 Å². The quantitative estimate of drug-likeness (QED) is 0.412. The van der Waals surface area contributed by atoms with Crippen LogP contribution >= 0.6 is 11.6 Å². The first-order valence-corrected chi connectivity index (χ1v) is 11.2. The number of pyridine rings is 1. The summed E-state index contributed by atoms with van der Waals surface area (Å²) in [6.07, 6.45) is 6.57. The van der Waals surface area contributed by atoms with Gasteiger partial charge in [-0.15, -0.1) is 0 Å². The normalized spacial score (nSPS) is 13.8. The van der Waals surface area contributed by atoms with Gasteiger partial charge in [0, 0.05) is 47.7 Å². The molecule has 0 atom stereocenters. The van der Waals surface area contributed by atoms with Crippen LogP contribution in [0.1, 0.15) is 29.6 Å². The van der Waals surface area contributed by atoms with E-state index in [0.29, 0.717) is 33.8 Å². The molecule has 3 heterocycles. The van der Waals surface area contributed by atoms with Crippen LogP contribution in [-0.2, 0) is 0 Å². The standard InChI is InChI=1S/C25H21ClFN5O/c26-20-14-18(7-8-21(20)27)29-24-19-13-16(25(33)32-11-2-1-3-12-32)6-9-22(19)30-23(31-24)17-5-4-10-28-15-17/h4-10,13-15H,1-3,11-12H2,(H,29,30,31). The van der Waals surface area contributed by atoms with Gasteiger partial charge in [-0.05, 0) is 67.8 Å². The minimum Gasteiger partial charge on any atom is -0.340 e. The van der Waals surface area contributed by atoms with E-state index in [0.717, 1.165) is 37.9 Å². The second kappa shape index (κ2) is 9.11. The van der Waals surface area contributed by atoms with Gasteiger partial charge in [-0.1, -0.05) is 11.6 Å². The third-order valence-electron chi connectivity index (χ3n) is 5.69. The molecule has 0 bridgehead atoms. The molecule has 2 aromatic carbocycles. The number of piperidine rings is 1. The lowest BCUT2D eigenvalue weighted by molar-refractivity contribution is 0.0724. The van der Waals surface area contributed by atoms with Crippen LogP contribution < -0.4 is 5.32 Å². The van der Waals surface area contributed by atoms with Gasteiger partial charge in [0.15, 0.2) is 5.82 Å². The number of aromatic nitrogens is 3. The molecule has 2 aromatic heterocycles. The number of fused-ring (bicyclic) bond motifs is 1. The third-order valence-corrected chi connectivity index (χ3v) is 5.98. The van der Waals surface area contributed by atoms with Crippen molar-refractivity contribution in [2.45, 2.75) is 19.3 Å². The summed E-state index contributed by atoms with van der Waals surface area (Å²) >= 11 is 5.97. The van der Waals surface area contributed by atoms with Crippen LogP contribution in [0.15, 0.2) is 60.9 Å². The van der Waals surface area contributed by atoms with Crippen LogP contribution in [0.3, 0.4) is 0 Å². The van der Waals surface area contributed by atoms with Gasteiger partial charge in [-0.25, -0.2) is 14.4 Å². The zero-order valence-electron chi connectivity index (χ0n) is 17.8. The first-order chi connectivity index (χ1) is 16.1. The SMILES string of the molecule is O=C(c1ccc2nc(-c3cccnc3)nc(Nc3ccc(F)c(Cl)c3)c2c1)N1CCCCC1. The molecule has 0 saturated carbocycles. The van der Waals surface area contributed by atoms with Gasteiger partial charge in [0.25, 0.3) is 5.91 Å². The van der Waals surface area contributed by atoms with Crippen molar-refractivity contribution in [2.24, 2.45) is 0 Å². The Morgan fingerprint density at radius 2 is 1.88 bits per heavy atom. The minimum absolute atomic E-state index is 0.00344. The maximum absolute atomic E-state index is 13.7. The third kappa shape index (κ3) is 4.50. The molecule has 1 saturated heterocycles. The lowest BCUT2D eigenvalue weighted by Gasteiger charge is -2.26. The number of nitrogens with one attached hydrogen (secondary N) is 1. The van der Waals surface area contributed by atoms with Gasteiger partial charge in [0.2, 0.25) is 0 Å². The van der Waals surface area contributed by atoms with E-state index in [1.54, 1.807) is 24.5 Å². The molecule has 1 N–H and O–H groups in total. The highest BCUT2D eigenvalue weighted by Crippen LogP contribution is 2.30. The zero-order valence-corrected chi connectivity index (χ0v) is 18.5. The zero-order chi connectivity index (χ0) is 22.8. The Bertz CT molecular complexity index is 1330. The smallest absolute Gasteiger partial charge is 0.253 e. The van der Waals surface area contributed by atoms with Crippen LogP contribution in [0.5, 0.6) is 0 Å². The molecular weight excluding hydrogens is 441 g/mol. The Kier molecular flexibility index (Phi) is 5.88. The summed E-state index contributed by atoms with van der Waals surface area (Å²) in [5.74, 6) is 0.486. The van der Waals surface area contributed by atoms with Crippen molar-refractivity contribution in [3.63, 3.8) is 0 Å². The Labute approximate surface area is 195 Å². The fourth-order valence-electron chi connectivity index (χ4n) is 3.97. The lowest BCUT2D eigenvalue weighted by Crippen LogP contribution is -2.35. The first-order valence-electron chi connectivity index (χ1n) is 10.8. The number of rotatable bonds is 4. The summed E-state index contributed by atoms with van der Waals surface area (Å²) in [6, 6.07) is 13.5. The van der Waals surface area contributed by atoms with Crippen molar-refractivity contribution in [1.82, 2.24) is 19.9 Å². The molecular formula is C25H21ClFN5O. The lowest BCUT2D eigenvalue weighted by atomic mass is 10.1. The molecule has 0 radical (unpaired) electrons. The molecule has 166 valence electrons. The van der Waals surface area contributed by atoms with Crippen molar-refractivity contribution in [3.05, 3.63) is 77.3 Å². The molecule has 5 rings (SSSR count). The number of nitrogens with zero attached hydrogens (tertiary/aromatic N) is 4. The molecule has 0 unspecified atom stereocenters. The summed E-state index contributed by atoms with van der Waals surface area (Å²) in [4.78, 5) is 28.5. The van der Waals surface area contributed by atoms with Crippen molar-refractivity contribution in [2.75, 3.05) is 18.4 Å². The minimum atomic E-state index is -0.500. The molecule has 1 fully saturated rings.